The maximum absolute atomic E-state index is 14.1. The van der Waals surface area contributed by atoms with Gasteiger partial charge < -0.3 is 28.4 Å². The third-order valence-corrected chi connectivity index (χ3v) is 12.0. The SMILES string of the molecule is CC(=O)OC1C(OC(=O)Cc2ccccc2)[C@H]2C(=C(C)C)[C@H](OC(=O)c3ccccc3)C[C@]2(C)C(OC(=O)Cc2ccccc2)[C@@H]2O[C@@]2(C)CC[C@@H]2O[C@@]12C. The summed E-state index contributed by atoms with van der Waals surface area (Å²) >= 11 is 0. The molecule has 10 atom stereocenters. The number of hydrogen-bond acceptors (Lipinski definition) is 10. The molecule has 2 saturated heterocycles. The van der Waals surface area contributed by atoms with Crippen LogP contribution in [0.5, 0.6) is 0 Å². The molecule has 7 rings (SSSR count). The van der Waals surface area contributed by atoms with E-state index in [0.29, 0.717) is 24.0 Å². The van der Waals surface area contributed by atoms with Gasteiger partial charge in [-0.1, -0.05) is 91.4 Å². The van der Waals surface area contributed by atoms with Crippen molar-refractivity contribution < 1.29 is 47.6 Å². The summed E-state index contributed by atoms with van der Waals surface area (Å²) in [6.07, 6.45) is -3.38. The molecule has 3 unspecified atom stereocenters. The molecule has 0 amide bonds. The highest BCUT2D eigenvalue weighted by Gasteiger charge is 2.72. The fraction of sp³-hybridized carbons (Fsp3) is 0.467. The topological polar surface area (TPSA) is 130 Å². The Kier molecular flexibility index (Phi) is 10.5. The Balaban J connectivity index is 1.38. The van der Waals surface area contributed by atoms with Crippen molar-refractivity contribution in [1.82, 2.24) is 0 Å². The molecular weight excluding hydrogens is 700 g/mol. The van der Waals surface area contributed by atoms with E-state index in [2.05, 4.69) is 0 Å². The van der Waals surface area contributed by atoms with Gasteiger partial charge in [-0.05, 0) is 75.8 Å². The molecule has 0 radical (unpaired) electrons. The predicted octanol–water partition coefficient (Wildman–Crippen LogP) is 6.92. The molecule has 55 heavy (non-hydrogen) atoms. The van der Waals surface area contributed by atoms with Crippen molar-refractivity contribution >= 4 is 23.9 Å². The van der Waals surface area contributed by atoms with Gasteiger partial charge in [0.2, 0.25) is 0 Å². The van der Waals surface area contributed by atoms with Crippen LogP contribution in [0, 0.1) is 11.3 Å². The van der Waals surface area contributed by atoms with E-state index in [9.17, 15) is 19.2 Å². The number of carbonyl (C=O) groups excluding carboxylic acids is 4. The number of hydrogen-bond donors (Lipinski definition) is 0. The first-order chi connectivity index (χ1) is 26.2. The van der Waals surface area contributed by atoms with E-state index in [0.717, 1.165) is 16.7 Å². The van der Waals surface area contributed by atoms with Gasteiger partial charge in [-0.25, -0.2) is 4.79 Å². The normalized spacial score (nSPS) is 33.3. The maximum Gasteiger partial charge on any atom is 0.338 e. The fourth-order valence-corrected chi connectivity index (χ4v) is 9.11. The molecule has 10 heteroatoms. The first-order valence-electron chi connectivity index (χ1n) is 19.1. The van der Waals surface area contributed by atoms with E-state index in [4.69, 9.17) is 28.4 Å². The van der Waals surface area contributed by atoms with Gasteiger partial charge in [0.25, 0.3) is 0 Å². The van der Waals surface area contributed by atoms with Crippen LogP contribution in [0.2, 0.25) is 0 Å². The summed E-state index contributed by atoms with van der Waals surface area (Å²) in [6, 6.07) is 27.4. The molecule has 2 saturated carbocycles. The van der Waals surface area contributed by atoms with Gasteiger partial charge >= 0.3 is 23.9 Å². The van der Waals surface area contributed by atoms with Gasteiger partial charge in [0.05, 0.1) is 30.1 Å². The Labute approximate surface area is 322 Å². The largest absolute Gasteiger partial charge is 0.459 e. The Bertz CT molecular complexity index is 1940. The maximum atomic E-state index is 14.1. The number of benzene rings is 3. The number of fused-ring (bicyclic) bond motifs is 3. The average Bonchev–Trinajstić information content (AvgIpc) is 3.99. The van der Waals surface area contributed by atoms with Gasteiger partial charge in [0.1, 0.15) is 30.0 Å². The van der Waals surface area contributed by atoms with E-state index >= 15 is 0 Å². The minimum Gasteiger partial charge on any atom is -0.459 e. The second-order valence-electron chi connectivity index (χ2n) is 16.3. The van der Waals surface area contributed by atoms with Crippen molar-refractivity contribution in [3.05, 3.63) is 119 Å². The van der Waals surface area contributed by atoms with Gasteiger partial charge in [-0.2, -0.15) is 0 Å². The lowest BCUT2D eigenvalue weighted by atomic mass is 9.67. The highest BCUT2D eigenvalue weighted by molar-refractivity contribution is 5.89. The van der Waals surface area contributed by atoms with E-state index in [-0.39, 0.29) is 25.4 Å². The summed E-state index contributed by atoms with van der Waals surface area (Å²) in [4.78, 5) is 55.0. The van der Waals surface area contributed by atoms with E-state index in [1.807, 2.05) is 101 Å². The Morgan fingerprint density at radius 3 is 1.82 bits per heavy atom. The molecule has 4 aliphatic rings. The molecule has 3 aromatic rings. The van der Waals surface area contributed by atoms with E-state index in [1.165, 1.54) is 6.92 Å². The van der Waals surface area contributed by atoms with Crippen LogP contribution in [-0.2, 0) is 55.6 Å². The standard InChI is InChI=1S/C45H50O10/c1-27(2)36-32(51-42(49)31-20-14-9-15-21-31)26-43(4)37(36)38(52-34(47)24-29-16-10-7-11-17-29)39(50-28(3)46)45(6)33(54-45)22-23-44(5)41(55-44)40(43)53-35(48)25-30-18-12-8-13-19-30/h7-21,32-33,37-41H,22-26H2,1-6H3/t32-,33+,37-,38?,39?,40?,41+,43+,44+,45-/m1/s1. The van der Waals surface area contributed by atoms with Gasteiger partial charge in [-0.3, -0.25) is 14.4 Å². The van der Waals surface area contributed by atoms with Crippen molar-refractivity contribution in [3.8, 4) is 0 Å². The second kappa shape index (κ2) is 15.0. The van der Waals surface area contributed by atoms with Crippen LogP contribution in [-0.4, -0.2) is 71.7 Å². The smallest absolute Gasteiger partial charge is 0.338 e. The molecule has 290 valence electrons. The van der Waals surface area contributed by atoms with Crippen LogP contribution >= 0.6 is 0 Å². The lowest BCUT2D eigenvalue weighted by Crippen LogP contribution is -2.55. The zero-order valence-electron chi connectivity index (χ0n) is 32.3. The van der Waals surface area contributed by atoms with Crippen LogP contribution in [0.4, 0.5) is 0 Å². The third-order valence-electron chi connectivity index (χ3n) is 12.0. The van der Waals surface area contributed by atoms with Crippen LogP contribution < -0.4 is 0 Å². The number of epoxide rings is 2. The first-order valence-corrected chi connectivity index (χ1v) is 19.1. The van der Waals surface area contributed by atoms with Crippen molar-refractivity contribution in [3.63, 3.8) is 0 Å². The molecule has 2 aliphatic heterocycles. The zero-order chi connectivity index (χ0) is 39.1. The highest BCUT2D eigenvalue weighted by Crippen LogP contribution is 2.62. The fourth-order valence-electron chi connectivity index (χ4n) is 9.11. The summed E-state index contributed by atoms with van der Waals surface area (Å²) in [5, 5.41) is 0. The molecule has 0 aromatic heterocycles. The molecule has 0 N–H and O–H groups in total. The molecule has 4 fully saturated rings. The number of rotatable bonds is 9. The molecule has 2 heterocycles. The summed E-state index contributed by atoms with van der Waals surface area (Å²) in [5.74, 6) is -2.84. The van der Waals surface area contributed by atoms with Crippen LogP contribution in [0.1, 0.15) is 82.3 Å². The first kappa shape index (κ1) is 38.5. The molecule has 2 aliphatic carbocycles. The summed E-state index contributed by atoms with van der Waals surface area (Å²) in [6.45, 7) is 11.0. The molecular formula is C45H50O10. The van der Waals surface area contributed by atoms with Crippen LogP contribution in [0.15, 0.2) is 102 Å². The molecule has 0 spiro atoms. The molecule has 10 nitrogen and oxygen atoms in total. The second-order valence-corrected chi connectivity index (χ2v) is 16.3. The summed E-state index contributed by atoms with van der Waals surface area (Å²) in [7, 11) is 0. The van der Waals surface area contributed by atoms with E-state index in [1.54, 1.807) is 24.3 Å². The summed E-state index contributed by atoms with van der Waals surface area (Å²) < 4.78 is 38.7. The molecule has 3 aromatic carbocycles. The Hall–Kier alpha value is -4.80. The van der Waals surface area contributed by atoms with Crippen molar-refractivity contribution in [1.29, 1.82) is 0 Å². The number of allylic oxidation sites excluding steroid dienone is 1. The predicted molar refractivity (Wildman–Crippen MR) is 202 cm³/mol. The number of ether oxygens (including phenoxy) is 6. The summed E-state index contributed by atoms with van der Waals surface area (Å²) in [5.41, 5.74) is 0.697. The van der Waals surface area contributed by atoms with Crippen LogP contribution in [0.3, 0.4) is 0 Å². The van der Waals surface area contributed by atoms with Gasteiger partial charge in [0.15, 0.2) is 6.10 Å². The monoisotopic (exact) mass is 750 g/mol. The minimum atomic E-state index is -1.14. The Morgan fingerprint density at radius 1 is 0.691 bits per heavy atom. The number of carbonyl (C=O) groups is 4. The van der Waals surface area contributed by atoms with Crippen molar-refractivity contribution in [2.24, 2.45) is 11.3 Å². The van der Waals surface area contributed by atoms with Gasteiger partial charge in [0, 0.05) is 18.3 Å². The zero-order valence-corrected chi connectivity index (χ0v) is 32.3. The minimum absolute atomic E-state index is 0.0307. The quantitative estimate of drug-likeness (QED) is 0.0983. The number of esters is 4. The van der Waals surface area contributed by atoms with Crippen LogP contribution in [0.25, 0.3) is 0 Å². The average molecular weight is 751 g/mol. The van der Waals surface area contributed by atoms with E-state index < -0.39 is 76.9 Å². The Morgan fingerprint density at radius 2 is 1.25 bits per heavy atom. The van der Waals surface area contributed by atoms with Crippen molar-refractivity contribution in [2.75, 3.05) is 0 Å². The lowest BCUT2D eigenvalue weighted by Gasteiger charge is -2.44. The third kappa shape index (κ3) is 7.85. The van der Waals surface area contributed by atoms with Gasteiger partial charge in [-0.15, -0.1) is 0 Å². The lowest BCUT2D eigenvalue weighted by molar-refractivity contribution is -0.186. The molecule has 0 bridgehead atoms. The van der Waals surface area contributed by atoms with Crippen molar-refractivity contribution in [2.45, 2.75) is 121 Å². The highest BCUT2D eigenvalue weighted by atomic mass is 16.7.